The highest BCUT2D eigenvalue weighted by molar-refractivity contribution is 5.91. The maximum Gasteiger partial charge on any atom is 0.291 e. The number of carbonyl (C=O) groups is 1. The van der Waals surface area contributed by atoms with E-state index in [2.05, 4.69) is 36.5 Å². The molecule has 2 fully saturated rings. The number of nitrogens with one attached hydrogen (secondary N) is 2. The second kappa shape index (κ2) is 7.11. The summed E-state index contributed by atoms with van der Waals surface area (Å²) in [6, 6.07) is 8.38. The van der Waals surface area contributed by atoms with Gasteiger partial charge in [-0.05, 0) is 37.3 Å². The molecule has 0 aliphatic carbocycles. The molecule has 0 radical (unpaired) electrons. The highest BCUT2D eigenvalue weighted by Gasteiger charge is 2.45. The lowest BCUT2D eigenvalue weighted by molar-refractivity contribution is 0.0557. The molecule has 7 rings (SSSR count). The van der Waals surface area contributed by atoms with Crippen LogP contribution in [0.15, 0.2) is 43.0 Å². The average molecular weight is 454 g/mol. The number of aromatic nitrogens is 8. The fourth-order valence-electron chi connectivity index (χ4n) is 5.70. The molecule has 4 N–H and O–H groups in total. The Kier molecular flexibility index (Phi) is 4.02. The van der Waals surface area contributed by atoms with Crippen molar-refractivity contribution in [3.8, 4) is 11.1 Å². The number of H-pyrrole nitrogens is 2. The first-order valence-corrected chi connectivity index (χ1v) is 11.4. The van der Waals surface area contributed by atoms with Crippen LogP contribution in [0.5, 0.6) is 0 Å². The molecule has 6 heterocycles. The van der Waals surface area contributed by atoms with Crippen LogP contribution in [-0.4, -0.2) is 62.9 Å². The summed E-state index contributed by atoms with van der Waals surface area (Å²) in [5.41, 5.74) is 11.0. The molecular weight excluding hydrogens is 432 g/mol. The first-order valence-electron chi connectivity index (χ1n) is 11.4. The van der Waals surface area contributed by atoms with Crippen LogP contribution in [0.25, 0.3) is 27.7 Å². The predicted octanol–water partition coefficient (Wildman–Crippen LogP) is 2.52. The number of fused-ring (bicyclic) bond motifs is 4. The van der Waals surface area contributed by atoms with E-state index in [1.165, 1.54) is 6.33 Å². The number of hydrogen-bond donors (Lipinski definition) is 3. The molecule has 0 saturated carbocycles. The quantitative estimate of drug-likeness (QED) is 0.379. The van der Waals surface area contributed by atoms with E-state index in [0.29, 0.717) is 11.6 Å². The Bertz CT molecular complexity index is 1520. The van der Waals surface area contributed by atoms with E-state index >= 15 is 0 Å². The summed E-state index contributed by atoms with van der Waals surface area (Å²) in [6.45, 7) is 0. The Balaban J connectivity index is 1.23. The van der Waals surface area contributed by atoms with Crippen LogP contribution < -0.4 is 5.73 Å². The normalized spacial score (nSPS) is 22.1. The highest BCUT2D eigenvalue weighted by atomic mass is 16.2. The minimum absolute atomic E-state index is 0.0707. The van der Waals surface area contributed by atoms with Crippen molar-refractivity contribution in [2.75, 3.05) is 5.73 Å². The first-order chi connectivity index (χ1) is 16.7. The molecule has 4 aromatic heterocycles. The standard InChI is InChI=1S/C23H22N10O/c24-20-8-18(14-5-15-3-4-16(6-14)32(15)23(34)21-25-11-27-31-21)29-22-17(10-28-33(20)22)12-1-2-13-9-26-30-19(13)7-12/h1-2,7-11,14-16H,3-6,24H2,(H,26,30)(H,25,27,31)/t14-,15+,16-. The zero-order valence-electron chi connectivity index (χ0n) is 18.2. The van der Waals surface area contributed by atoms with Gasteiger partial charge >= 0.3 is 0 Å². The van der Waals surface area contributed by atoms with Crippen LogP contribution >= 0.6 is 0 Å². The third kappa shape index (κ3) is 2.82. The van der Waals surface area contributed by atoms with Gasteiger partial charge in [-0.1, -0.05) is 12.1 Å². The van der Waals surface area contributed by atoms with Crippen molar-refractivity contribution in [2.45, 2.75) is 43.7 Å². The van der Waals surface area contributed by atoms with Gasteiger partial charge in [-0.3, -0.25) is 15.0 Å². The third-order valence-corrected chi connectivity index (χ3v) is 7.28. The number of nitrogen functional groups attached to an aromatic ring is 1. The maximum absolute atomic E-state index is 13.0. The zero-order chi connectivity index (χ0) is 22.8. The molecule has 1 amide bonds. The predicted molar refractivity (Wildman–Crippen MR) is 124 cm³/mol. The number of carbonyl (C=O) groups excluding carboxylic acids is 1. The van der Waals surface area contributed by atoms with Gasteiger partial charge in [0, 0.05) is 40.7 Å². The molecule has 0 unspecified atom stereocenters. The smallest absolute Gasteiger partial charge is 0.291 e. The van der Waals surface area contributed by atoms with Crippen molar-refractivity contribution >= 4 is 28.3 Å². The van der Waals surface area contributed by atoms with Gasteiger partial charge in [-0.25, -0.2) is 9.97 Å². The fraction of sp³-hybridized carbons (Fsp3) is 0.304. The second-order valence-electron chi connectivity index (χ2n) is 9.17. The molecule has 170 valence electrons. The van der Waals surface area contributed by atoms with Gasteiger partial charge in [0.25, 0.3) is 5.91 Å². The lowest BCUT2D eigenvalue weighted by Crippen LogP contribution is -2.46. The Morgan fingerprint density at radius 2 is 1.91 bits per heavy atom. The van der Waals surface area contributed by atoms with Crippen LogP contribution in [-0.2, 0) is 0 Å². The summed E-state index contributed by atoms with van der Waals surface area (Å²) >= 11 is 0. The molecule has 2 bridgehead atoms. The Hall–Kier alpha value is -4.28. The first kappa shape index (κ1) is 19.2. The van der Waals surface area contributed by atoms with Gasteiger partial charge in [0.1, 0.15) is 12.1 Å². The Labute approximate surface area is 193 Å². The Morgan fingerprint density at radius 3 is 2.71 bits per heavy atom. The molecular formula is C23H22N10O. The monoisotopic (exact) mass is 454 g/mol. The van der Waals surface area contributed by atoms with Crippen molar-refractivity contribution in [1.82, 2.24) is 44.9 Å². The number of hydrogen-bond acceptors (Lipinski definition) is 7. The lowest BCUT2D eigenvalue weighted by Gasteiger charge is -2.38. The second-order valence-corrected chi connectivity index (χ2v) is 9.17. The molecule has 34 heavy (non-hydrogen) atoms. The van der Waals surface area contributed by atoms with E-state index in [1.54, 1.807) is 10.7 Å². The minimum atomic E-state index is -0.0707. The molecule has 0 spiro atoms. The number of amides is 1. The van der Waals surface area contributed by atoms with E-state index in [-0.39, 0.29) is 23.9 Å². The molecule has 5 aromatic rings. The van der Waals surface area contributed by atoms with Crippen molar-refractivity contribution < 1.29 is 4.79 Å². The maximum atomic E-state index is 13.0. The van der Waals surface area contributed by atoms with Crippen LogP contribution in [0.4, 0.5) is 5.82 Å². The van der Waals surface area contributed by atoms with Gasteiger partial charge in [-0.2, -0.15) is 19.8 Å². The van der Waals surface area contributed by atoms with Gasteiger partial charge in [-0.15, -0.1) is 0 Å². The molecule has 2 aliphatic heterocycles. The van der Waals surface area contributed by atoms with Crippen molar-refractivity contribution in [2.24, 2.45) is 0 Å². The molecule has 3 atom stereocenters. The van der Waals surface area contributed by atoms with Crippen LogP contribution in [0.3, 0.4) is 0 Å². The van der Waals surface area contributed by atoms with Crippen molar-refractivity contribution in [3.63, 3.8) is 0 Å². The molecule has 2 aliphatic rings. The van der Waals surface area contributed by atoms with Crippen LogP contribution in [0.1, 0.15) is 47.9 Å². The van der Waals surface area contributed by atoms with Gasteiger partial charge in [0.2, 0.25) is 5.82 Å². The number of nitrogens with zero attached hydrogens (tertiary/aromatic N) is 7. The number of rotatable bonds is 3. The number of aromatic amines is 2. The van der Waals surface area contributed by atoms with E-state index < -0.39 is 0 Å². The molecule has 11 heteroatoms. The summed E-state index contributed by atoms with van der Waals surface area (Å²) in [4.78, 5) is 24.1. The largest absolute Gasteiger partial charge is 0.384 e. The third-order valence-electron chi connectivity index (χ3n) is 7.28. The molecule has 2 saturated heterocycles. The number of benzene rings is 1. The minimum Gasteiger partial charge on any atom is -0.384 e. The van der Waals surface area contributed by atoms with E-state index in [4.69, 9.17) is 10.7 Å². The SMILES string of the molecule is Nc1cc([C@H]2C[C@H]3CC[C@@H](C2)N3C(=O)c2ncn[nH]2)nc2c(-c3ccc4cn[nH]c4c3)cnn12. The van der Waals surface area contributed by atoms with Crippen LogP contribution in [0, 0.1) is 0 Å². The van der Waals surface area contributed by atoms with Gasteiger partial charge in [0.15, 0.2) is 5.65 Å². The zero-order valence-corrected chi connectivity index (χ0v) is 18.2. The van der Waals surface area contributed by atoms with Gasteiger partial charge in [0.05, 0.1) is 17.9 Å². The van der Waals surface area contributed by atoms with Crippen LogP contribution in [0.2, 0.25) is 0 Å². The van der Waals surface area contributed by atoms with E-state index in [9.17, 15) is 4.79 Å². The van der Waals surface area contributed by atoms with E-state index in [1.807, 2.05) is 29.3 Å². The lowest BCUT2D eigenvalue weighted by atomic mass is 9.87. The van der Waals surface area contributed by atoms with Gasteiger partial charge < -0.3 is 10.6 Å². The molecule has 11 nitrogen and oxygen atoms in total. The topological polar surface area (TPSA) is 147 Å². The summed E-state index contributed by atoms with van der Waals surface area (Å²) in [6.07, 6.45) is 8.66. The summed E-state index contributed by atoms with van der Waals surface area (Å²) < 4.78 is 1.69. The van der Waals surface area contributed by atoms with E-state index in [0.717, 1.165) is 59.1 Å². The summed E-state index contributed by atoms with van der Waals surface area (Å²) in [5, 5.41) is 19.2. The van der Waals surface area contributed by atoms with Crippen molar-refractivity contribution in [1.29, 1.82) is 0 Å². The van der Waals surface area contributed by atoms with Crippen molar-refractivity contribution in [3.05, 3.63) is 54.5 Å². The summed E-state index contributed by atoms with van der Waals surface area (Å²) in [5.74, 6) is 1.01. The summed E-state index contributed by atoms with van der Waals surface area (Å²) in [7, 11) is 0. The average Bonchev–Trinajstić information content (AvgIpc) is 3.64. The number of anilines is 1. The molecule has 1 aromatic carbocycles. The number of piperidine rings is 1. The highest BCUT2D eigenvalue weighted by Crippen LogP contribution is 2.43. The fourth-order valence-corrected chi connectivity index (χ4v) is 5.70. The number of nitrogens with two attached hydrogens (primary N) is 1. The Morgan fingerprint density at radius 1 is 1.06 bits per heavy atom.